The van der Waals surface area contributed by atoms with Gasteiger partial charge in [0, 0.05) is 13.1 Å². The molecule has 1 N–H and O–H groups in total. The lowest BCUT2D eigenvalue weighted by atomic mass is 9.96. The first-order chi connectivity index (χ1) is 9.04. The minimum atomic E-state index is -0.813. The summed E-state index contributed by atoms with van der Waals surface area (Å²) in [6, 6.07) is -0.443. The van der Waals surface area contributed by atoms with E-state index in [1.54, 1.807) is 0 Å². The van der Waals surface area contributed by atoms with Crippen LogP contribution in [0.5, 0.6) is 0 Å². The molecule has 2 aliphatic heterocycles. The van der Waals surface area contributed by atoms with Gasteiger partial charge in [0.25, 0.3) is 0 Å². The number of carboxylic acids is 1. The normalized spacial score (nSPS) is 29.0. The molecule has 106 valence electrons. The van der Waals surface area contributed by atoms with Gasteiger partial charge in [0.05, 0.1) is 18.4 Å². The lowest BCUT2D eigenvalue weighted by Gasteiger charge is -2.33. The van der Waals surface area contributed by atoms with Crippen LogP contribution in [0.1, 0.15) is 32.6 Å². The van der Waals surface area contributed by atoms with Gasteiger partial charge in [-0.3, -0.25) is 24.2 Å². The van der Waals surface area contributed by atoms with Crippen molar-refractivity contribution in [2.24, 2.45) is 5.92 Å². The zero-order chi connectivity index (χ0) is 14.0. The molecule has 0 spiro atoms. The Balaban J connectivity index is 2.04. The van der Waals surface area contributed by atoms with Crippen molar-refractivity contribution in [1.82, 2.24) is 9.80 Å². The van der Waals surface area contributed by atoms with Gasteiger partial charge in [-0.05, 0) is 25.8 Å². The molecule has 2 atom stereocenters. The maximum Gasteiger partial charge on any atom is 0.307 e. The van der Waals surface area contributed by atoms with E-state index in [-0.39, 0.29) is 18.2 Å². The van der Waals surface area contributed by atoms with Gasteiger partial charge in [0.2, 0.25) is 11.8 Å². The number of carbonyl (C=O) groups excluding carboxylic acids is 2. The Labute approximate surface area is 112 Å². The highest BCUT2D eigenvalue weighted by Crippen LogP contribution is 2.25. The lowest BCUT2D eigenvalue weighted by molar-refractivity contribution is -0.146. The fourth-order valence-electron chi connectivity index (χ4n) is 2.90. The number of aliphatic carboxylic acids is 1. The van der Waals surface area contributed by atoms with Crippen LogP contribution in [0.25, 0.3) is 0 Å². The molecular weight excluding hydrogens is 248 g/mol. The van der Waals surface area contributed by atoms with Gasteiger partial charge in [-0.2, -0.15) is 0 Å². The predicted octanol–water partition coefficient (Wildman–Crippen LogP) is 0.320. The lowest BCUT2D eigenvalue weighted by Crippen LogP contribution is -2.48. The summed E-state index contributed by atoms with van der Waals surface area (Å²) in [7, 11) is 0. The molecule has 0 aromatic rings. The van der Waals surface area contributed by atoms with Crippen LogP contribution in [0.15, 0.2) is 0 Å². The van der Waals surface area contributed by atoms with Crippen molar-refractivity contribution >= 4 is 17.8 Å². The summed E-state index contributed by atoms with van der Waals surface area (Å²) < 4.78 is 0. The number of carbonyl (C=O) groups is 3. The second-order valence-corrected chi connectivity index (χ2v) is 5.28. The average molecular weight is 268 g/mol. The Hall–Kier alpha value is -1.43. The molecule has 2 saturated heterocycles. The third kappa shape index (κ3) is 2.78. The molecule has 0 aromatic carbocycles. The van der Waals surface area contributed by atoms with Gasteiger partial charge in [-0.15, -0.1) is 0 Å². The summed E-state index contributed by atoms with van der Waals surface area (Å²) in [5, 5.41) is 9.06. The highest BCUT2D eigenvalue weighted by Gasteiger charge is 2.43. The number of carboxylic acid groups (broad SMARTS) is 1. The molecule has 0 saturated carbocycles. The fourth-order valence-corrected chi connectivity index (χ4v) is 2.90. The molecule has 2 amide bonds. The number of amides is 2. The molecule has 0 aliphatic carbocycles. The van der Waals surface area contributed by atoms with Crippen LogP contribution in [0.4, 0.5) is 0 Å². The van der Waals surface area contributed by atoms with Gasteiger partial charge < -0.3 is 5.11 Å². The van der Waals surface area contributed by atoms with Crippen molar-refractivity contribution in [1.29, 1.82) is 0 Å². The van der Waals surface area contributed by atoms with Crippen molar-refractivity contribution < 1.29 is 19.5 Å². The number of piperidine rings is 1. The highest BCUT2D eigenvalue weighted by molar-refractivity contribution is 6.05. The Morgan fingerprint density at radius 2 is 2.16 bits per heavy atom. The summed E-state index contributed by atoms with van der Waals surface area (Å²) in [6.45, 7) is 3.46. The summed E-state index contributed by atoms with van der Waals surface area (Å²) in [6.07, 6.45) is 2.37. The van der Waals surface area contributed by atoms with Crippen LogP contribution in [0, 0.1) is 5.92 Å². The third-order valence-corrected chi connectivity index (χ3v) is 3.91. The molecule has 19 heavy (non-hydrogen) atoms. The van der Waals surface area contributed by atoms with E-state index in [9.17, 15) is 14.4 Å². The number of nitrogens with zero attached hydrogens (tertiary/aromatic N) is 2. The van der Waals surface area contributed by atoms with Gasteiger partial charge in [0.1, 0.15) is 0 Å². The van der Waals surface area contributed by atoms with Gasteiger partial charge in [-0.25, -0.2) is 0 Å². The zero-order valence-corrected chi connectivity index (χ0v) is 11.2. The van der Waals surface area contributed by atoms with Crippen LogP contribution in [0.3, 0.4) is 0 Å². The SMILES string of the molecule is CCCN1C(=O)CC(N2CCCC(C(=O)O)C2)C1=O. The van der Waals surface area contributed by atoms with Gasteiger partial charge in [-0.1, -0.05) is 6.92 Å². The van der Waals surface area contributed by atoms with Crippen LogP contribution >= 0.6 is 0 Å². The van der Waals surface area contributed by atoms with E-state index < -0.39 is 17.9 Å². The van der Waals surface area contributed by atoms with E-state index in [2.05, 4.69) is 0 Å². The fraction of sp³-hybridized carbons (Fsp3) is 0.769. The van der Waals surface area contributed by atoms with E-state index in [4.69, 9.17) is 5.11 Å². The topological polar surface area (TPSA) is 77.9 Å². The second kappa shape index (κ2) is 5.69. The first kappa shape index (κ1) is 14.0. The molecule has 2 rings (SSSR count). The summed E-state index contributed by atoms with van der Waals surface area (Å²) >= 11 is 0. The quantitative estimate of drug-likeness (QED) is 0.743. The van der Waals surface area contributed by atoms with Crippen LogP contribution < -0.4 is 0 Å². The summed E-state index contributed by atoms with van der Waals surface area (Å²) in [5.74, 6) is -1.52. The Bertz CT molecular complexity index is 396. The van der Waals surface area contributed by atoms with Crippen molar-refractivity contribution in [2.75, 3.05) is 19.6 Å². The van der Waals surface area contributed by atoms with Crippen molar-refractivity contribution in [3.63, 3.8) is 0 Å². The van der Waals surface area contributed by atoms with Gasteiger partial charge in [0.15, 0.2) is 0 Å². The van der Waals surface area contributed by atoms with E-state index >= 15 is 0 Å². The Morgan fingerprint density at radius 3 is 2.79 bits per heavy atom. The predicted molar refractivity (Wildman–Crippen MR) is 67.3 cm³/mol. The van der Waals surface area contributed by atoms with Gasteiger partial charge >= 0.3 is 5.97 Å². The molecule has 6 nitrogen and oxygen atoms in total. The smallest absolute Gasteiger partial charge is 0.307 e. The van der Waals surface area contributed by atoms with E-state index in [1.807, 2.05) is 11.8 Å². The van der Waals surface area contributed by atoms with E-state index in [0.29, 0.717) is 26.1 Å². The maximum atomic E-state index is 12.2. The Morgan fingerprint density at radius 1 is 1.42 bits per heavy atom. The van der Waals surface area contributed by atoms with Crippen LogP contribution in [-0.4, -0.2) is 58.4 Å². The first-order valence-electron chi connectivity index (χ1n) is 6.85. The molecule has 2 aliphatic rings. The molecular formula is C13H20N2O4. The van der Waals surface area contributed by atoms with Crippen molar-refractivity contribution in [2.45, 2.75) is 38.6 Å². The number of likely N-dealkylation sites (tertiary alicyclic amines) is 2. The standard InChI is InChI=1S/C13H20N2O4/c1-2-5-15-11(16)7-10(12(15)17)14-6-3-4-9(8-14)13(18)19/h9-10H,2-8H2,1H3,(H,18,19). The molecule has 2 unspecified atom stereocenters. The van der Waals surface area contributed by atoms with Crippen molar-refractivity contribution in [3.05, 3.63) is 0 Å². The number of hydrogen-bond donors (Lipinski definition) is 1. The number of hydrogen-bond acceptors (Lipinski definition) is 4. The molecule has 2 heterocycles. The minimum absolute atomic E-state index is 0.130. The van der Waals surface area contributed by atoms with E-state index in [0.717, 1.165) is 12.8 Å². The molecule has 6 heteroatoms. The number of imide groups is 1. The van der Waals surface area contributed by atoms with Crippen LogP contribution in [-0.2, 0) is 14.4 Å². The average Bonchev–Trinajstić information content (AvgIpc) is 2.67. The minimum Gasteiger partial charge on any atom is -0.481 e. The van der Waals surface area contributed by atoms with Crippen molar-refractivity contribution in [3.8, 4) is 0 Å². The molecule has 0 aromatic heterocycles. The molecule has 0 bridgehead atoms. The number of rotatable bonds is 4. The van der Waals surface area contributed by atoms with E-state index in [1.165, 1.54) is 4.90 Å². The summed E-state index contributed by atoms with van der Waals surface area (Å²) in [4.78, 5) is 38.2. The maximum absolute atomic E-state index is 12.2. The Kier molecular flexibility index (Phi) is 4.19. The highest BCUT2D eigenvalue weighted by atomic mass is 16.4. The monoisotopic (exact) mass is 268 g/mol. The second-order valence-electron chi connectivity index (χ2n) is 5.28. The summed E-state index contributed by atoms with van der Waals surface area (Å²) in [5.41, 5.74) is 0. The third-order valence-electron chi connectivity index (χ3n) is 3.91. The largest absolute Gasteiger partial charge is 0.481 e. The van der Waals surface area contributed by atoms with Crippen LogP contribution in [0.2, 0.25) is 0 Å². The zero-order valence-electron chi connectivity index (χ0n) is 11.2. The molecule has 2 fully saturated rings. The molecule has 0 radical (unpaired) electrons. The first-order valence-corrected chi connectivity index (χ1v) is 6.85.